The fourth-order valence-corrected chi connectivity index (χ4v) is 3.26. The standard InChI is InChI=1S/C13H19BrN2OS/c1-13(2,3)12-15-10(14)7-11(16-12)18-8-9-5-4-6-17-9/h7,9H,4-6,8H2,1-3H3. The van der Waals surface area contributed by atoms with E-state index < -0.39 is 0 Å². The predicted octanol–water partition coefficient (Wildman–Crippen LogP) is 3.81. The second-order valence-electron chi connectivity index (χ2n) is 5.55. The van der Waals surface area contributed by atoms with Crippen LogP contribution < -0.4 is 0 Å². The summed E-state index contributed by atoms with van der Waals surface area (Å²) in [6.45, 7) is 7.29. The average Bonchev–Trinajstić information content (AvgIpc) is 2.77. The van der Waals surface area contributed by atoms with E-state index in [0.29, 0.717) is 6.10 Å². The highest BCUT2D eigenvalue weighted by atomic mass is 79.9. The van der Waals surface area contributed by atoms with Crippen molar-refractivity contribution < 1.29 is 4.74 Å². The zero-order valence-electron chi connectivity index (χ0n) is 11.1. The van der Waals surface area contributed by atoms with E-state index >= 15 is 0 Å². The first kappa shape index (κ1) is 14.3. The van der Waals surface area contributed by atoms with Crippen molar-refractivity contribution in [2.45, 2.75) is 50.2 Å². The first-order valence-electron chi connectivity index (χ1n) is 6.24. The van der Waals surface area contributed by atoms with Gasteiger partial charge in [0.15, 0.2) is 0 Å². The molecule has 0 radical (unpaired) electrons. The molecule has 18 heavy (non-hydrogen) atoms. The Kier molecular flexibility index (Phi) is 4.67. The molecule has 1 aliphatic heterocycles. The maximum atomic E-state index is 5.63. The number of ether oxygens (including phenoxy) is 1. The fraction of sp³-hybridized carbons (Fsp3) is 0.692. The monoisotopic (exact) mass is 330 g/mol. The third-order valence-corrected chi connectivity index (χ3v) is 4.23. The summed E-state index contributed by atoms with van der Waals surface area (Å²) in [5.41, 5.74) is -0.0249. The van der Waals surface area contributed by atoms with Gasteiger partial charge in [-0.1, -0.05) is 20.8 Å². The van der Waals surface area contributed by atoms with Crippen molar-refractivity contribution >= 4 is 27.7 Å². The van der Waals surface area contributed by atoms with Gasteiger partial charge in [0, 0.05) is 23.8 Å². The van der Waals surface area contributed by atoms with Crippen LogP contribution in [0.4, 0.5) is 0 Å². The van der Waals surface area contributed by atoms with Gasteiger partial charge in [-0.25, -0.2) is 9.97 Å². The van der Waals surface area contributed by atoms with Crippen molar-refractivity contribution in [3.63, 3.8) is 0 Å². The zero-order valence-corrected chi connectivity index (χ0v) is 13.5. The molecule has 1 aliphatic rings. The molecule has 1 aromatic rings. The van der Waals surface area contributed by atoms with Gasteiger partial charge < -0.3 is 4.74 Å². The fourth-order valence-electron chi connectivity index (χ4n) is 1.76. The molecule has 0 spiro atoms. The molecule has 3 nitrogen and oxygen atoms in total. The molecule has 1 aromatic heterocycles. The smallest absolute Gasteiger partial charge is 0.136 e. The van der Waals surface area contributed by atoms with Crippen LogP contribution >= 0.6 is 27.7 Å². The van der Waals surface area contributed by atoms with Crippen LogP contribution in [-0.2, 0) is 10.2 Å². The normalized spacial score (nSPS) is 20.3. The van der Waals surface area contributed by atoms with Gasteiger partial charge in [0.1, 0.15) is 15.5 Å². The summed E-state index contributed by atoms with van der Waals surface area (Å²) >= 11 is 5.22. The summed E-state index contributed by atoms with van der Waals surface area (Å²) in [5.74, 6) is 1.86. The lowest BCUT2D eigenvalue weighted by atomic mass is 9.96. The minimum Gasteiger partial charge on any atom is -0.377 e. The summed E-state index contributed by atoms with van der Waals surface area (Å²) in [5, 5.41) is 1.03. The third kappa shape index (κ3) is 3.93. The summed E-state index contributed by atoms with van der Waals surface area (Å²) in [7, 11) is 0. The molecule has 5 heteroatoms. The quantitative estimate of drug-likeness (QED) is 0.623. The lowest BCUT2D eigenvalue weighted by Gasteiger charge is -2.17. The van der Waals surface area contributed by atoms with E-state index in [1.807, 2.05) is 6.07 Å². The molecule has 100 valence electrons. The highest BCUT2D eigenvalue weighted by molar-refractivity contribution is 9.10. The lowest BCUT2D eigenvalue weighted by Crippen LogP contribution is -2.16. The summed E-state index contributed by atoms with van der Waals surface area (Å²) < 4.78 is 6.49. The maximum Gasteiger partial charge on any atom is 0.136 e. The lowest BCUT2D eigenvalue weighted by molar-refractivity contribution is 0.129. The highest BCUT2D eigenvalue weighted by Gasteiger charge is 2.20. The van der Waals surface area contributed by atoms with Crippen molar-refractivity contribution in [1.29, 1.82) is 0 Å². The van der Waals surface area contributed by atoms with Gasteiger partial charge in [0.25, 0.3) is 0 Å². The van der Waals surface area contributed by atoms with Gasteiger partial charge in [-0.05, 0) is 28.8 Å². The van der Waals surface area contributed by atoms with Gasteiger partial charge in [-0.15, -0.1) is 11.8 Å². The van der Waals surface area contributed by atoms with Gasteiger partial charge in [-0.3, -0.25) is 0 Å². The van der Waals surface area contributed by atoms with Crippen molar-refractivity contribution in [2.24, 2.45) is 0 Å². The van der Waals surface area contributed by atoms with Crippen LogP contribution in [0.2, 0.25) is 0 Å². The van der Waals surface area contributed by atoms with Crippen molar-refractivity contribution in [3.05, 3.63) is 16.5 Å². The number of halogens is 1. The van der Waals surface area contributed by atoms with Crippen LogP contribution in [-0.4, -0.2) is 28.4 Å². The van der Waals surface area contributed by atoms with Gasteiger partial charge in [0.05, 0.1) is 6.10 Å². The maximum absolute atomic E-state index is 5.63. The molecule has 2 rings (SSSR count). The minimum absolute atomic E-state index is 0.0249. The summed E-state index contributed by atoms with van der Waals surface area (Å²) in [6, 6.07) is 1.98. The van der Waals surface area contributed by atoms with Crippen LogP contribution in [0.25, 0.3) is 0 Å². The molecule has 0 saturated carbocycles. The number of thioether (sulfide) groups is 1. The largest absolute Gasteiger partial charge is 0.377 e. The molecule has 1 fully saturated rings. The molecule has 0 N–H and O–H groups in total. The van der Waals surface area contributed by atoms with Crippen LogP contribution in [0, 0.1) is 0 Å². The van der Waals surface area contributed by atoms with Crippen LogP contribution in [0.1, 0.15) is 39.4 Å². The molecule has 1 unspecified atom stereocenters. The van der Waals surface area contributed by atoms with Crippen LogP contribution in [0.3, 0.4) is 0 Å². The topological polar surface area (TPSA) is 35.0 Å². The van der Waals surface area contributed by atoms with Crippen molar-refractivity contribution in [3.8, 4) is 0 Å². The highest BCUT2D eigenvalue weighted by Crippen LogP contribution is 2.27. The zero-order chi connectivity index (χ0) is 13.2. The summed E-state index contributed by atoms with van der Waals surface area (Å²) in [6.07, 6.45) is 2.75. The molecular weight excluding hydrogens is 312 g/mol. The SMILES string of the molecule is CC(C)(C)c1nc(Br)cc(SCC2CCCO2)n1. The summed E-state index contributed by atoms with van der Waals surface area (Å²) in [4.78, 5) is 9.08. The van der Waals surface area contributed by atoms with E-state index in [1.165, 1.54) is 12.8 Å². The Balaban J connectivity index is 2.05. The molecule has 0 aliphatic carbocycles. The number of rotatable bonds is 3. The van der Waals surface area contributed by atoms with E-state index in [0.717, 1.165) is 27.8 Å². The first-order valence-corrected chi connectivity index (χ1v) is 8.02. The Labute approximate surface area is 121 Å². The Bertz CT molecular complexity index is 414. The van der Waals surface area contributed by atoms with Crippen LogP contribution in [0.5, 0.6) is 0 Å². The Morgan fingerprint density at radius 3 is 2.83 bits per heavy atom. The van der Waals surface area contributed by atoms with Crippen molar-refractivity contribution in [2.75, 3.05) is 12.4 Å². The molecule has 0 aromatic carbocycles. The van der Waals surface area contributed by atoms with Crippen LogP contribution in [0.15, 0.2) is 15.7 Å². The number of hydrogen-bond donors (Lipinski definition) is 0. The third-order valence-electron chi connectivity index (χ3n) is 2.78. The minimum atomic E-state index is -0.0249. The Hall–Kier alpha value is -0.130. The van der Waals surface area contributed by atoms with E-state index in [4.69, 9.17) is 4.74 Å². The number of aromatic nitrogens is 2. The molecule has 0 bridgehead atoms. The number of hydrogen-bond acceptors (Lipinski definition) is 4. The molecule has 0 amide bonds. The second kappa shape index (κ2) is 5.88. The number of nitrogens with zero attached hydrogens (tertiary/aromatic N) is 2. The van der Waals surface area contributed by atoms with Gasteiger partial charge >= 0.3 is 0 Å². The average molecular weight is 331 g/mol. The molecular formula is C13H19BrN2OS. The molecule has 1 saturated heterocycles. The Morgan fingerprint density at radius 2 is 2.22 bits per heavy atom. The Morgan fingerprint density at radius 1 is 1.44 bits per heavy atom. The second-order valence-corrected chi connectivity index (χ2v) is 7.40. The van der Waals surface area contributed by atoms with Crippen molar-refractivity contribution in [1.82, 2.24) is 9.97 Å². The van der Waals surface area contributed by atoms with E-state index in [-0.39, 0.29) is 5.41 Å². The van der Waals surface area contributed by atoms with Gasteiger partial charge in [0.2, 0.25) is 0 Å². The van der Waals surface area contributed by atoms with E-state index in [9.17, 15) is 0 Å². The van der Waals surface area contributed by atoms with E-state index in [2.05, 4.69) is 46.7 Å². The van der Waals surface area contributed by atoms with Gasteiger partial charge in [-0.2, -0.15) is 0 Å². The first-order chi connectivity index (χ1) is 8.45. The molecule has 2 heterocycles. The predicted molar refractivity (Wildman–Crippen MR) is 78.1 cm³/mol. The van der Waals surface area contributed by atoms with E-state index in [1.54, 1.807) is 11.8 Å². The molecule has 1 atom stereocenters.